The smallest absolute Gasteiger partial charge is 0.157 e. The number of unbranched alkanes of at least 4 members (excludes halogenated alkanes) is 14. The fourth-order valence-electron chi connectivity index (χ4n) is 3.44. The summed E-state index contributed by atoms with van der Waals surface area (Å²) >= 11 is 0. The van der Waals surface area contributed by atoms with Gasteiger partial charge in [0.15, 0.2) is 6.29 Å². The summed E-state index contributed by atoms with van der Waals surface area (Å²) < 4.78 is 11.0. The molecule has 0 bridgehead atoms. The summed E-state index contributed by atoms with van der Waals surface area (Å²) in [6.07, 6.45) is 17.9. The molecule has 0 aliphatic heterocycles. The number of aliphatic hydroxyl groups is 4. The van der Waals surface area contributed by atoms with Gasteiger partial charge < -0.3 is 29.9 Å². The van der Waals surface area contributed by atoms with Crippen LogP contribution in [0.3, 0.4) is 0 Å². The van der Waals surface area contributed by atoms with Crippen LogP contribution in [0.4, 0.5) is 0 Å². The second-order valence-corrected chi connectivity index (χ2v) is 8.51. The zero-order valence-corrected chi connectivity index (χ0v) is 19.5. The molecule has 6 nitrogen and oxygen atoms in total. The molecule has 0 aromatic rings. The van der Waals surface area contributed by atoms with E-state index in [-0.39, 0.29) is 26.4 Å². The Hall–Kier alpha value is -0.240. The summed E-state index contributed by atoms with van der Waals surface area (Å²) in [7, 11) is 0. The van der Waals surface area contributed by atoms with Gasteiger partial charge in [-0.2, -0.15) is 0 Å². The highest BCUT2D eigenvalue weighted by molar-refractivity contribution is 4.56. The van der Waals surface area contributed by atoms with Crippen LogP contribution in [-0.4, -0.2) is 65.4 Å². The fourth-order valence-corrected chi connectivity index (χ4v) is 3.44. The summed E-state index contributed by atoms with van der Waals surface area (Å²) in [5, 5.41) is 36.6. The topological polar surface area (TPSA) is 99.4 Å². The third kappa shape index (κ3) is 21.0. The largest absolute Gasteiger partial charge is 0.394 e. The number of rotatable bonds is 24. The van der Waals surface area contributed by atoms with E-state index < -0.39 is 18.5 Å². The SMILES string of the molecule is CCCCCCCCCCCCCCCCCC(OCC(O)CO)OCC(O)CO. The zero-order chi connectivity index (χ0) is 22.3. The Morgan fingerprint density at radius 2 is 0.867 bits per heavy atom. The van der Waals surface area contributed by atoms with Crippen molar-refractivity contribution < 1.29 is 29.9 Å². The Bertz CT molecular complexity index is 315. The van der Waals surface area contributed by atoms with Crippen molar-refractivity contribution in [2.45, 2.75) is 128 Å². The van der Waals surface area contributed by atoms with Crippen molar-refractivity contribution in [1.29, 1.82) is 0 Å². The average Bonchev–Trinajstić information content (AvgIpc) is 2.76. The Kier molecular flexibility index (Phi) is 23.2. The maximum atomic E-state index is 9.41. The molecule has 4 N–H and O–H groups in total. The van der Waals surface area contributed by atoms with E-state index in [1.54, 1.807) is 0 Å². The molecular weight excluding hydrogens is 384 g/mol. The molecule has 0 saturated heterocycles. The minimum absolute atomic E-state index is 0.00483. The monoisotopic (exact) mass is 434 g/mol. The highest BCUT2D eigenvalue weighted by Gasteiger charge is 2.14. The van der Waals surface area contributed by atoms with E-state index in [1.807, 2.05) is 0 Å². The maximum absolute atomic E-state index is 9.41. The first kappa shape index (κ1) is 29.8. The van der Waals surface area contributed by atoms with Gasteiger partial charge in [-0.1, -0.05) is 96.8 Å². The van der Waals surface area contributed by atoms with Crippen molar-refractivity contribution >= 4 is 0 Å². The van der Waals surface area contributed by atoms with E-state index in [0.29, 0.717) is 6.42 Å². The van der Waals surface area contributed by atoms with Crippen molar-refractivity contribution in [1.82, 2.24) is 0 Å². The van der Waals surface area contributed by atoms with Gasteiger partial charge in [-0.15, -0.1) is 0 Å². The molecule has 6 heteroatoms. The first-order valence-electron chi connectivity index (χ1n) is 12.4. The normalized spacial score (nSPS) is 14.7. The van der Waals surface area contributed by atoms with Crippen LogP contribution in [-0.2, 0) is 9.47 Å². The Morgan fingerprint density at radius 1 is 0.533 bits per heavy atom. The standard InChI is InChI=1S/C24H50O6/c1-2-3-4-5-6-7-8-9-10-11-12-13-14-15-16-17-24(29-20-22(27)18-25)30-21-23(28)19-26/h22-28H,2-21H2,1H3. The molecule has 2 unspecified atom stereocenters. The molecule has 0 aromatic carbocycles. The minimum Gasteiger partial charge on any atom is -0.394 e. The lowest BCUT2D eigenvalue weighted by atomic mass is 10.0. The molecule has 0 radical (unpaired) electrons. The molecule has 0 aliphatic carbocycles. The van der Waals surface area contributed by atoms with Crippen LogP contribution >= 0.6 is 0 Å². The van der Waals surface area contributed by atoms with E-state index in [0.717, 1.165) is 12.8 Å². The van der Waals surface area contributed by atoms with Gasteiger partial charge in [-0.25, -0.2) is 0 Å². The summed E-state index contributed by atoms with van der Waals surface area (Å²) in [6.45, 7) is 1.54. The molecular formula is C24H50O6. The first-order chi connectivity index (χ1) is 14.6. The van der Waals surface area contributed by atoms with Crippen molar-refractivity contribution in [3.63, 3.8) is 0 Å². The lowest BCUT2D eigenvalue weighted by Crippen LogP contribution is -2.29. The average molecular weight is 435 g/mol. The molecule has 0 rings (SSSR count). The van der Waals surface area contributed by atoms with Crippen LogP contribution in [0.2, 0.25) is 0 Å². The van der Waals surface area contributed by atoms with Crippen LogP contribution < -0.4 is 0 Å². The minimum atomic E-state index is -0.931. The maximum Gasteiger partial charge on any atom is 0.157 e. The summed E-state index contributed by atoms with van der Waals surface area (Å²) in [4.78, 5) is 0. The van der Waals surface area contributed by atoms with Gasteiger partial charge in [-0.3, -0.25) is 0 Å². The van der Waals surface area contributed by atoms with Crippen molar-refractivity contribution in [2.24, 2.45) is 0 Å². The molecule has 0 amide bonds. The summed E-state index contributed by atoms with van der Waals surface area (Å²) in [5.41, 5.74) is 0. The molecule has 0 fully saturated rings. The molecule has 0 aliphatic rings. The second kappa shape index (κ2) is 23.4. The lowest BCUT2D eigenvalue weighted by Gasteiger charge is -2.21. The first-order valence-corrected chi connectivity index (χ1v) is 12.4. The van der Waals surface area contributed by atoms with Crippen LogP contribution in [0.5, 0.6) is 0 Å². The highest BCUT2D eigenvalue weighted by atomic mass is 16.7. The number of aliphatic hydroxyl groups excluding tert-OH is 4. The van der Waals surface area contributed by atoms with E-state index in [4.69, 9.17) is 19.7 Å². The van der Waals surface area contributed by atoms with Gasteiger partial charge in [0.1, 0.15) is 12.2 Å². The van der Waals surface area contributed by atoms with E-state index >= 15 is 0 Å². The number of hydrogen-bond acceptors (Lipinski definition) is 6. The van der Waals surface area contributed by atoms with Crippen LogP contribution in [0.15, 0.2) is 0 Å². The van der Waals surface area contributed by atoms with Crippen molar-refractivity contribution in [3.8, 4) is 0 Å². The zero-order valence-electron chi connectivity index (χ0n) is 19.5. The van der Waals surface area contributed by atoms with E-state index in [1.165, 1.54) is 83.5 Å². The van der Waals surface area contributed by atoms with E-state index in [9.17, 15) is 10.2 Å². The van der Waals surface area contributed by atoms with Gasteiger partial charge in [-0.05, 0) is 12.8 Å². The third-order valence-corrected chi connectivity index (χ3v) is 5.41. The summed E-state index contributed by atoms with van der Waals surface area (Å²) in [6, 6.07) is 0. The fraction of sp³-hybridized carbons (Fsp3) is 1.00. The Balaban J connectivity index is 3.57. The second-order valence-electron chi connectivity index (χ2n) is 8.51. The van der Waals surface area contributed by atoms with Crippen LogP contribution in [0.25, 0.3) is 0 Å². The number of hydrogen-bond donors (Lipinski definition) is 4. The number of ether oxygens (including phenoxy) is 2. The molecule has 0 heterocycles. The van der Waals surface area contributed by atoms with Crippen molar-refractivity contribution in [3.05, 3.63) is 0 Å². The molecule has 30 heavy (non-hydrogen) atoms. The molecule has 2 atom stereocenters. The van der Waals surface area contributed by atoms with Gasteiger partial charge in [0.05, 0.1) is 26.4 Å². The Labute approximate surface area is 185 Å². The van der Waals surface area contributed by atoms with Gasteiger partial charge in [0.25, 0.3) is 0 Å². The lowest BCUT2D eigenvalue weighted by molar-refractivity contribution is -0.178. The highest BCUT2D eigenvalue weighted by Crippen LogP contribution is 2.15. The molecule has 0 spiro atoms. The predicted molar refractivity (Wildman–Crippen MR) is 121 cm³/mol. The van der Waals surface area contributed by atoms with E-state index in [2.05, 4.69) is 6.92 Å². The van der Waals surface area contributed by atoms with Crippen LogP contribution in [0, 0.1) is 0 Å². The third-order valence-electron chi connectivity index (χ3n) is 5.41. The molecule has 0 aromatic heterocycles. The molecule has 0 saturated carbocycles. The van der Waals surface area contributed by atoms with Gasteiger partial charge in [0, 0.05) is 0 Å². The van der Waals surface area contributed by atoms with Gasteiger partial charge in [0.2, 0.25) is 0 Å². The van der Waals surface area contributed by atoms with Crippen LogP contribution in [0.1, 0.15) is 110 Å². The molecule has 182 valence electrons. The predicted octanol–water partition coefficient (Wildman–Crippen LogP) is 4.31. The Morgan fingerprint density at radius 3 is 1.20 bits per heavy atom. The summed E-state index contributed by atoms with van der Waals surface area (Å²) in [5.74, 6) is 0. The van der Waals surface area contributed by atoms with Crippen molar-refractivity contribution in [2.75, 3.05) is 26.4 Å². The van der Waals surface area contributed by atoms with Gasteiger partial charge >= 0.3 is 0 Å². The quantitative estimate of drug-likeness (QED) is 0.133.